The minimum absolute atomic E-state index is 0.0614. The van der Waals surface area contributed by atoms with Gasteiger partial charge in [0.05, 0.1) is 50.4 Å². The van der Waals surface area contributed by atoms with E-state index in [9.17, 15) is 19.5 Å². The van der Waals surface area contributed by atoms with Crippen molar-refractivity contribution < 1.29 is 33.7 Å². The van der Waals surface area contributed by atoms with Gasteiger partial charge in [-0.05, 0) is 19.3 Å². The molecule has 1 N–H and O–H groups in total. The lowest BCUT2D eigenvalue weighted by atomic mass is 9.70. The van der Waals surface area contributed by atoms with E-state index in [0.29, 0.717) is 45.7 Å². The Morgan fingerprint density at radius 3 is 2.66 bits per heavy atom. The molecule has 2 bridgehead atoms. The van der Waals surface area contributed by atoms with E-state index in [4.69, 9.17) is 14.2 Å². The van der Waals surface area contributed by atoms with E-state index in [2.05, 4.69) is 27.4 Å². The smallest absolute Gasteiger partial charge is 0.312 e. The Labute approximate surface area is 233 Å². The number of halogens is 1. The molecule has 4 heterocycles. The van der Waals surface area contributed by atoms with Crippen LogP contribution >= 0.6 is 15.9 Å². The van der Waals surface area contributed by atoms with Gasteiger partial charge in [-0.3, -0.25) is 19.3 Å². The summed E-state index contributed by atoms with van der Waals surface area (Å²) in [6.07, 6.45) is 2.26. The number of likely N-dealkylation sites (tertiary alicyclic amines) is 1. The molecule has 0 radical (unpaired) electrons. The number of fused-ring (bicyclic) bond motifs is 1. The molecule has 0 saturated carbocycles. The Hall–Kier alpha value is -1.53. The van der Waals surface area contributed by atoms with Gasteiger partial charge in [-0.2, -0.15) is 0 Å². The minimum Gasteiger partial charge on any atom is -0.466 e. The lowest BCUT2D eigenvalue weighted by molar-refractivity contribution is -0.156. The van der Waals surface area contributed by atoms with Gasteiger partial charge in [0.1, 0.15) is 11.6 Å². The highest BCUT2D eigenvalue weighted by atomic mass is 79.9. The molecule has 38 heavy (non-hydrogen) atoms. The maximum Gasteiger partial charge on any atom is 0.312 e. The molecular formula is C27H42BrN3O7. The van der Waals surface area contributed by atoms with Crippen LogP contribution in [0.15, 0.2) is 12.7 Å². The second kappa shape index (κ2) is 12.3. The molecule has 2 amide bonds. The number of hydrogen-bond donors (Lipinski definition) is 1. The summed E-state index contributed by atoms with van der Waals surface area (Å²) in [5.41, 5.74) is -1.18. The number of ether oxygens (including phenoxy) is 3. The van der Waals surface area contributed by atoms with Gasteiger partial charge in [-0.1, -0.05) is 42.3 Å². The van der Waals surface area contributed by atoms with E-state index in [0.717, 1.165) is 13.1 Å². The van der Waals surface area contributed by atoms with Gasteiger partial charge in [0.15, 0.2) is 0 Å². The van der Waals surface area contributed by atoms with Crippen LogP contribution < -0.4 is 0 Å². The van der Waals surface area contributed by atoms with Crippen molar-refractivity contribution in [3.05, 3.63) is 12.7 Å². The maximum absolute atomic E-state index is 14.5. The van der Waals surface area contributed by atoms with Crippen LogP contribution in [0.25, 0.3) is 0 Å². The molecule has 4 aliphatic heterocycles. The molecule has 10 nitrogen and oxygen atoms in total. The van der Waals surface area contributed by atoms with E-state index in [1.165, 1.54) is 0 Å². The van der Waals surface area contributed by atoms with Gasteiger partial charge in [0.25, 0.3) is 0 Å². The molecule has 0 aromatic rings. The highest BCUT2D eigenvalue weighted by molar-refractivity contribution is 9.09. The third kappa shape index (κ3) is 5.05. The Morgan fingerprint density at radius 1 is 1.34 bits per heavy atom. The van der Waals surface area contributed by atoms with Crippen LogP contribution in [-0.2, 0) is 28.6 Å². The quantitative estimate of drug-likeness (QED) is 0.201. The molecule has 4 saturated heterocycles. The number of esters is 1. The highest BCUT2D eigenvalue weighted by Gasteiger charge is 2.77. The molecule has 0 aliphatic carbocycles. The lowest BCUT2D eigenvalue weighted by Crippen LogP contribution is -2.60. The number of morpholine rings is 1. The summed E-state index contributed by atoms with van der Waals surface area (Å²) in [6.45, 7) is 13.8. The minimum atomic E-state index is -1.18. The number of nitrogens with zero attached hydrogens (tertiary/aromatic N) is 3. The van der Waals surface area contributed by atoms with Crippen LogP contribution in [0.3, 0.4) is 0 Å². The van der Waals surface area contributed by atoms with Gasteiger partial charge < -0.3 is 29.1 Å². The first-order valence-electron chi connectivity index (χ1n) is 13.9. The molecule has 11 heteroatoms. The van der Waals surface area contributed by atoms with Crippen molar-refractivity contribution in [2.45, 2.75) is 62.2 Å². The van der Waals surface area contributed by atoms with Crippen molar-refractivity contribution in [3.8, 4) is 0 Å². The summed E-state index contributed by atoms with van der Waals surface area (Å²) < 4.78 is 17.4. The standard InChI is InChI=1S/C27H42BrN3O7/c1-5-8-30(10-9-29-11-13-36-14-12-29)25(34)23-27-15-18(28)22(38-27)20(26(35)37-7-3)21(27)24(33)31(23)19(16-32)17(4)6-2/h5,17-23,32H,1,6-16H2,2-4H3/t17-,18?,19-,20-,21-,22-,23?,27?/m0/s1. The van der Waals surface area contributed by atoms with Gasteiger partial charge >= 0.3 is 5.97 Å². The zero-order chi connectivity index (χ0) is 27.6. The van der Waals surface area contributed by atoms with Crippen LogP contribution in [0.4, 0.5) is 0 Å². The number of aliphatic hydroxyl groups is 1. The average Bonchev–Trinajstić information content (AvgIpc) is 3.51. The summed E-state index contributed by atoms with van der Waals surface area (Å²) >= 11 is 3.68. The van der Waals surface area contributed by atoms with Gasteiger partial charge in [-0.15, -0.1) is 6.58 Å². The van der Waals surface area contributed by atoms with Crippen molar-refractivity contribution in [1.82, 2.24) is 14.7 Å². The number of hydrogen-bond acceptors (Lipinski definition) is 8. The average molecular weight is 601 g/mol. The van der Waals surface area contributed by atoms with E-state index >= 15 is 0 Å². The number of carbonyl (C=O) groups excluding carboxylic acids is 3. The Balaban J connectivity index is 1.72. The molecule has 4 rings (SSSR count). The first-order valence-corrected chi connectivity index (χ1v) is 14.8. The van der Waals surface area contributed by atoms with E-state index in [1.54, 1.807) is 22.8 Å². The topological polar surface area (TPSA) is 109 Å². The van der Waals surface area contributed by atoms with Crippen LogP contribution in [0.5, 0.6) is 0 Å². The highest BCUT2D eigenvalue weighted by Crippen LogP contribution is 2.61. The van der Waals surface area contributed by atoms with Crippen molar-refractivity contribution in [2.24, 2.45) is 17.8 Å². The third-order valence-corrected chi connectivity index (χ3v) is 9.66. The van der Waals surface area contributed by atoms with Gasteiger partial charge in [0, 0.05) is 37.6 Å². The first kappa shape index (κ1) is 29.5. The van der Waals surface area contributed by atoms with E-state index in [-0.39, 0.29) is 35.8 Å². The Morgan fingerprint density at radius 2 is 2.05 bits per heavy atom. The largest absolute Gasteiger partial charge is 0.466 e. The summed E-state index contributed by atoms with van der Waals surface area (Å²) in [5, 5.41) is 10.5. The number of alkyl halides is 1. The lowest BCUT2D eigenvalue weighted by Gasteiger charge is -2.41. The van der Waals surface area contributed by atoms with Crippen LogP contribution in [0.1, 0.15) is 33.6 Å². The zero-order valence-electron chi connectivity index (χ0n) is 22.7. The molecule has 214 valence electrons. The molecule has 1 spiro atoms. The molecule has 0 aromatic heterocycles. The second-order valence-electron chi connectivity index (χ2n) is 10.8. The van der Waals surface area contributed by atoms with Crippen LogP contribution in [0, 0.1) is 17.8 Å². The van der Waals surface area contributed by atoms with Crippen molar-refractivity contribution in [2.75, 3.05) is 59.2 Å². The monoisotopic (exact) mass is 599 g/mol. The number of amides is 2. The summed E-state index contributed by atoms with van der Waals surface area (Å²) in [5.74, 6) is -2.73. The summed E-state index contributed by atoms with van der Waals surface area (Å²) in [7, 11) is 0. The Kier molecular flexibility index (Phi) is 9.55. The molecule has 4 aliphatic rings. The number of carbonyl (C=O) groups is 3. The normalized spacial score (nSPS) is 34.2. The second-order valence-corrected chi connectivity index (χ2v) is 12.0. The SMILES string of the molecule is C=CCN(CCN1CCOCC1)C(=O)C1N([C@@H](CO)[C@@H](C)CC)C(=O)[C@@H]2[C@H](C(=O)OCC)[C@H]3OC12CC3Br. The Bertz CT molecular complexity index is 900. The molecule has 8 atom stereocenters. The van der Waals surface area contributed by atoms with Crippen molar-refractivity contribution in [1.29, 1.82) is 0 Å². The fraction of sp³-hybridized carbons (Fsp3) is 0.815. The predicted molar refractivity (Wildman–Crippen MR) is 144 cm³/mol. The van der Waals surface area contributed by atoms with E-state index < -0.39 is 41.6 Å². The maximum atomic E-state index is 14.5. The van der Waals surface area contributed by atoms with Gasteiger partial charge in [-0.25, -0.2) is 0 Å². The van der Waals surface area contributed by atoms with Crippen molar-refractivity contribution >= 4 is 33.7 Å². The summed E-state index contributed by atoms with van der Waals surface area (Å²) in [4.78, 5) is 47.2. The summed E-state index contributed by atoms with van der Waals surface area (Å²) in [6, 6.07) is -1.54. The molecule has 4 fully saturated rings. The number of rotatable bonds is 12. The van der Waals surface area contributed by atoms with E-state index in [1.807, 2.05) is 13.8 Å². The molecular weight excluding hydrogens is 558 g/mol. The van der Waals surface area contributed by atoms with Crippen LogP contribution in [0.2, 0.25) is 0 Å². The first-order chi connectivity index (χ1) is 18.2. The molecule has 0 aromatic carbocycles. The third-order valence-electron chi connectivity index (χ3n) is 8.82. The zero-order valence-corrected chi connectivity index (χ0v) is 24.3. The van der Waals surface area contributed by atoms with Gasteiger partial charge in [0.2, 0.25) is 11.8 Å². The fourth-order valence-electron chi connectivity index (χ4n) is 6.73. The number of aliphatic hydroxyl groups excluding tert-OH is 1. The fourth-order valence-corrected chi connectivity index (χ4v) is 7.68. The molecule has 3 unspecified atom stereocenters. The van der Waals surface area contributed by atoms with Crippen molar-refractivity contribution in [3.63, 3.8) is 0 Å². The van der Waals surface area contributed by atoms with Crippen LogP contribution in [-0.4, -0.2) is 125 Å². The predicted octanol–water partition coefficient (Wildman–Crippen LogP) is 1.05.